The Hall–Kier alpha value is -2.34. The lowest BCUT2D eigenvalue weighted by Crippen LogP contribution is -2.27. The summed E-state index contributed by atoms with van der Waals surface area (Å²) in [5.41, 5.74) is 0.906. The van der Waals surface area contributed by atoms with Crippen molar-refractivity contribution in [3.05, 3.63) is 42.0 Å². The molecule has 1 aromatic carbocycles. The predicted octanol–water partition coefficient (Wildman–Crippen LogP) is 1.42. The van der Waals surface area contributed by atoms with E-state index in [9.17, 15) is 14.7 Å². The average molecular weight is 291 g/mol. The van der Waals surface area contributed by atoms with Crippen LogP contribution in [0.4, 0.5) is 5.69 Å². The molecule has 0 radical (unpaired) electrons. The highest BCUT2D eigenvalue weighted by molar-refractivity contribution is 5.88. The molecule has 0 unspecified atom stereocenters. The van der Waals surface area contributed by atoms with Crippen molar-refractivity contribution in [3.8, 4) is 0 Å². The normalized spacial score (nSPS) is 23.0. The highest BCUT2D eigenvalue weighted by atomic mass is 16.6. The smallest absolute Gasteiger partial charge is 0.335 e. The fourth-order valence-corrected chi connectivity index (χ4v) is 2.08. The summed E-state index contributed by atoms with van der Waals surface area (Å²) in [5.74, 6) is -1.30. The molecule has 1 fully saturated rings. The molecule has 1 saturated heterocycles. The third-order valence-corrected chi connectivity index (χ3v) is 3.11. The molecular weight excluding hydrogens is 274 g/mol. The maximum absolute atomic E-state index is 11.4. The van der Waals surface area contributed by atoms with E-state index in [1.165, 1.54) is 12.1 Å². The summed E-state index contributed by atoms with van der Waals surface area (Å²) in [7, 11) is 0. The number of carbonyl (C=O) groups is 2. The fraction of sp³-hybridized carbons (Fsp3) is 0.333. The van der Waals surface area contributed by atoms with Gasteiger partial charge in [0, 0.05) is 5.69 Å². The van der Waals surface area contributed by atoms with Crippen LogP contribution in [0.1, 0.15) is 23.7 Å². The number of carbonyl (C=O) groups excluding carboxylic acids is 1. The quantitative estimate of drug-likeness (QED) is 0.561. The minimum absolute atomic E-state index is 0.199. The van der Waals surface area contributed by atoms with Gasteiger partial charge in [0.05, 0.1) is 24.1 Å². The van der Waals surface area contributed by atoms with E-state index < -0.39 is 18.2 Å². The van der Waals surface area contributed by atoms with E-state index in [0.717, 1.165) is 0 Å². The molecule has 0 amide bonds. The van der Waals surface area contributed by atoms with Gasteiger partial charge >= 0.3 is 11.9 Å². The molecule has 21 heavy (non-hydrogen) atoms. The lowest BCUT2D eigenvalue weighted by molar-refractivity contribution is -0.140. The molecule has 0 bridgehead atoms. The predicted molar refractivity (Wildman–Crippen MR) is 76.1 cm³/mol. The SMILES string of the molecule is C[C@H](O)/C=C/[C@H]1OC(=O)C[C@H]1Nc1ccc(C(=O)O)cc1. The number of hydrogen-bond donors (Lipinski definition) is 3. The topological polar surface area (TPSA) is 95.9 Å². The van der Waals surface area contributed by atoms with Gasteiger partial charge in [0.1, 0.15) is 6.10 Å². The molecule has 1 aromatic rings. The summed E-state index contributed by atoms with van der Waals surface area (Å²) in [6, 6.07) is 6.01. The summed E-state index contributed by atoms with van der Waals surface area (Å²) >= 11 is 0. The zero-order chi connectivity index (χ0) is 15.4. The first kappa shape index (κ1) is 15.1. The zero-order valence-electron chi connectivity index (χ0n) is 11.5. The highest BCUT2D eigenvalue weighted by Gasteiger charge is 2.33. The minimum Gasteiger partial charge on any atom is -0.478 e. The van der Waals surface area contributed by atoms with Gasteiger partial charge in [0.25, 0.3) is 0 Å². The Morgan fingerprint density at radius 1 is 1.43 bits per heavy atom. The first-order valence-corrected chi connectivity index (χ1v) is 6.61. The van der Waals surface area contributed by atoms with Crippen molar-refractivity contribution in [2.45, 2.75) is 31.6 Å². The van der Waals surface area contributed by atoms with Crippen LogP contribution in [0.2, 0.25) is 0 Å². The van der Waals surface area contributed by atoms with E-state index in [-0.39, 0.29) is 24.0 Å². The highest BCUT2D eigenvalue weighted by Crippen LogP contribution is 2.21. The van der Waals surface area contributed by atoms with E-state index in [0.29, 0.717) is 5.69 Å². The number of carboxylic acids is 1. The molecule has 0 aliphatic carbocycles. The summed E-state index contributed by atoms with van der Waals surface area (Å²) < 4.78 is 5.17. The minimum atomic E-state index is -0.987. The van der Waals surface area contributed by atoms with Crippen LogP contribution < -0.4 is 5.32 Å². The largest absolute Gasteiger partial charge is 0.478 e. The third kappa shape index (κ3) is 4.06. The number of ether oxygens (including phenoxy) is 1. The number of esters is 1. The van der Waals surface area contributed by atoms with Crippen molar-refractivity contribution < 1.29 is 24.5 Å². The summed E-state index contributed by atoms with van der Waals surface area (Å²) in [6.45, 7) is 1.61. The summed E-state index contributed by atoms with van der Waals surface area (Å²) in [6.07, 6.45) is 2.37. The molecule has 1 aliphatic rings. The Kier molecular flexibility index (Phi) is 4.59. The molecule has 0 spiro atoms. The monoisotopic (exact) mass is 291 g/mol. The fourth-order valence-electron chi connectivity index (χ4n) is 2.08. The van der Waals surface area contributed by atoms with E-state index in [4.69, 9.17) is 9.84 Å². The van der Waals surface area contributed by atoms with Gasteiger partial charge in [-0.3, -0.25) is 4.79 Å². The van der Waals surface area contributed by atoms with Gasteiger partial charge in [-0.25, -0.2) is 4.79 Å². The average Bonchev–Trinajstić information content (AvgIpc) is 2.77. The van der Waals surface area contributed by atoms with Crippen LogP contribution in [0, 0.1) is 0 Å². The van der Waals surface area contributed by atoms with Crippen LogP contribution >= 0.6 is 0 Å². The Labute approximate surface area is 122 Å². The maximum atomic E-state index is 11.4. The van der Waals surface area contributed by atoms with Crippen LogP contribution in [0.15, 0.2) is 36.4 Å². The molecule has 2 rings (SSSR count). The Morgan fingerprint density at radius 2 is 2.10 bits per heavy atom. The Balaban J connectivity index is 2.05. The van der Waals surface area contributed by atoms with Gasteiger partial charge in [-0.05, 0) is 37.3 Å². The lowest BCUT2D eigenvalue weighted by Gasteiger charge is -2.17. The molecule has 1 heterocycles. The number of carboxylic acid groups (broad SMARTS) is 1. The number of anilines is 1. The van der Waals surface area contributed by atoms with Crippen molar-refractivity contribution in [1.29, 1.82) is 0 Å². The second-order valence-electron chi connectivity index (χ2n) is 4.92. The lowest BCUT2D eigenvalue weighted by atomic mass is 10.1. The standard InChI is InChI=1S/C15H17NO5/c1-9(17)2-7-13-12(8-14(18)21-13)16-11-5-3-10(4-6-11)15(19)20/h2-7,9,12-13,16-17H,8H2,1H3,(H,19,20)/b7-2+/t9-,12+,13+/m0/s1. The van der Waals surface area contributed by atoms with Crippen molar-refractivity contribution in [2.24, 2.45) is 0 Å². The summed E-state index contributed by atoms with van der Waals surface area (Å²) in [5, 5.41) is 21.2. The van der Waals surface area contributed by atoms with Gasteiger partial charge in [0.2, 0.25) is 0 Å². The number of cyclic esters (lactones) is 1. The number of aliphatic hydroxyl groups excluding tert-OH is 1. The van der Waals surface area contributed by atoms with Gasteiger partial charge in [-0.1, -0.05) is 6.08 Å². The molecular formula is C15H17NO5. The Bertz CT molecular complexity index is 550. The van der Waals surface area contributed by atoms with Crippen LogP contribution in [0.25, 0.3) is 0 Å². The molecule has 6 heteroatoms. The van der Waals surface area contributed by atoms with Gasteiger partial charge in [0.15, 0.2) is 0 Å². The molecule has 0 saturated carbocycles. The number of benzene rings is 1. The molecule has 6 nitrogen and oxygen atoms in total. The number of aliphatic hydroxyl groups is 1. The van der Waals surface area contributed by atoms with Gasteiger partial charge in [-0.2, -0.15) is 0 Å². The van der Waals surface area contributed by atoms with Crippen LogP contribution in [0.3, 0.4) is 0 Å². The second-order valence-corrected chi connectivity index (χ2v) is 4.92. The Morgan fingerprint density at radius 3 is 2.67 bits per heavy atom. The van der Waals surface area contributed by atoms with Crippen molar-refractivity contribution in [1.82, 2.24) is 0 Å². The molecule has 3 N–H and O–H groups in total. The molecule has 112 valence electrons. The van der Waals surface area contributed by atoms with E-state index in [1.54, 1.807) is 31.2 Å². The van der Waals surface area contributed by atoms with Gasteiger partial charge < -0.3 is 20.3 Å². The zero-order valence-corrected chi connectivity index (χ0v) is 11.5. The van der Waals surface area contributed by atoms with Crippen LogP contribution in [0.5, 0.6) is 0 Å². The van der Waals surface area contributed by atoms with E-state index in [2.05, 4.69) is 5.32 Å². The number of rotatable bonds is 5. The first-order chi connectivity index (χ1) is 9.95. The van der Waals surface area contributed by atoms with Crippen molar-refractivity contribution in [3.63, 3.8) is 0 Å². The molecule has 0 aromatic heterocycles. The van der Waals surface area contributed by atoms with Gasteiger partial charge in [-0.15, -0.1) is 0 Å². The third-order valence-electron chi connectivity index (χ3n) is 3.11. The summed E-state index contributed by atoms with van der Waals surface area (Å²) in [4.78, 5) is 22.2. The van der Waals surface area contributed by atoms with Crippen LogP contribution in [-0.4, -0.2) is 40.4 Å². The van der Waals surface area contributed by atoms with Crippen LogP contribution in [-0.2, 0) is 9.53 Å². The van der Waals surface area contributed by atoms with E-state index in [1.807, 2.05) is 0 Å². The second kappa shape index (κ2) is 6.41. The number of hydrogen-bond acceptors (Lipinski definition) is 5. The molecule has 3 atom stereocenters. The number of aromatic carboxylic acids is 1. The molecule has 1 aliphatic heterocycles. The first-order valence-electron chi connectivity index (χ1n) is 6.61. The number of nitrogens with one attached hydrogen (secondary N) is 1. The van der Waals surface area contributed by atoms with Crippen molar-refractivity contribution >= 4 is 17.6 Å². The van der Waals surface area contributed by atoms with Crippen molar-refractivity contribution in [2.75, 3.05) is 5.32 Å². The maximum Gasteiger partial charge on any atom is 0.335 e. The van der Waals surface area contributed by atoms with E-state index >= 15 is 0 Å².